The van der Waals surface area contributed by atoms with Gasteiger partial charge in [0.05, 0.1) is 0 Å². The van der Waals surface area contributed by atoms with E-state index in [0.717, 1.165) is 0 Å². The summed E-state index contributed by atoms with van der Waals surface area (Å²) >= 11 is 1.58. The molecule has 2 aliphatic rings. The van der Waals surface area contributed by atoms with E-state index in [4.69, 9.17) is 0 Å². The molecule has 0 radical (unpaired) electrons. The van der Waals surface area contributed by atoms with E-state index < -0.39 is 0 Å². The van der Waals surface area contributed by atoms with Gasteiger partial charge in [0.25, 0.3) is 0 Å². The SMILES string of the molecule is CCC1[C-]=CC(C(C)(C)C)=C1.CCC1[C-]=CC(C(C)(C)C)=C1.Cl.Cl.[CH3-].[CH3-].[SiH2]=[Zr]. The van der Waals surface area contributed by atoms with Gasteiger partial charge < -0.3 is 14.9 Å². The van der Waals surface area contributed by atoms with Crippen LogP contribution in [0.15, 0.2) is 35.5 Å². The van der Waals surface area contributed by atoms with Crippen LogP contribution >= 0.6 is 24.8 Å². The van der Waals surface area contributed by atoms with E-state index in [9.17, 15) is 0 Å². The molecule has 166 valence electrons. The van der Waals surface area contributed by atoms with E-state index in [1.165, 1.54) is 24.0 Å². The third kappa shape index (κ3) is 14.6. The van der Waals surface area contributed by atoms with Crippen LogP contribution in [0.25, 0.3) is 0 Å². The summed E-state index contributed by atoms with van der Waals surface area (Å²) in [7, 11) is 0. The normalized spacial score (nSPS) is 19.0. The third-order valence-electron chi connectivity index (χ3n) is 4.28. The molecule has 0 heterocycles. The van der Waals surface area contributed by atoms with Crippen molar-refractivity contribution < 1.29 is 23.3 Å². The summed E-state index contributed by atoms with van der Waals surface area (Å²) in [4.78, 5) is 0. The summed E-state index contributed by atoms with van der Waals surface area (Å²) in [6, 6.07) is 0. The maximum absolute atomic E-state index is 3.35. The van der Waals surface area contributed by atoms with Crippen LogP contribution in [-0.4, -0.2) is 6.88 Å². The van der Waals surface area contributed by atoms with E-state index in [2.05, 4.69) is 91.8 Å². The van der Waals surface area contributed by atoms with Crippen molar-refractivity contribution in [3.05, 3.63) is 62.5 Å². The average molecular weight is 523 g/mol. The van der Waals surface area contributed by atoms with Gasteiger partial charge in [-0.1, -0.05) is 90.9 Å². The maximum atomic E-state index is 3.35. The van der Waals surface area contributed by atoms with Crippen LogP contribution < -0.4 is 0 Å². The summed E-state index contributed by atoms with van der Waals surface area (Å²) in [5.41, 5.74) is 3.47. The molecular weight excluding hydrogens is 478 g/mol. The summed E-state index contributed by atoms with van der Waals surface area (Å²) in [5.74, 6) is 1.15. The Hall–Kier alpha value is 0.640. The van der Waals surface area contributed by atoms with Gasteiger partial charge in [-0.15, -0.1) is 24.8 Å². The van der Waals surface area contributed by atoms with Crippen molar-refractivity contribution in [2.75, 3.05) is 0 Å². The molecule has 0 aliphatic heterocycles. The minimum absolute atomic E-state index is 0. The summed E-state index contributed by atoms with van der Waals surface area (Å²) in [6.45, 7) is 19.8. The summed E-state index contributed by atoms with van der Waals surface area (Å²) in [6.07, 6.45) is 18.0. The molecule has 4 heteroatoms. The molecule has 0 aromatic rings. The molecule has 28 heavy (non-hydrogen) atoms. The fourth-order valence-corrected chi connectivity index (χ4v) is 2.42. The predicted octanol–water partition coefficient (Wildman–Crippen LogP) is 7.54. The van der Waals surface area contributed by atoms with Gasteiger partial charge in [0.1, 0.15) is 0 Å². The molecule has 2 aliphatic carbocycles. The first-order chi connectivity index (χ1) is 11.1. The Morgan fingerprint density at radius 2 is 1.00 bits per heavy atom. The van der Waals surface area contributed by atoms with Gasteiger partial charge in [-0.2, -0.15) is 23.3 Å². The third-order valence-corrected chi connectivity index (χ3v) is 4.28. The first kappa shape index (κ1) is 39.2. The zero-order valence-electron chi connectivity index (χ0n) is 19.9. The van der Waals surface area contributed by atoms with Crippen LogP contribution in [0, 0.1) is 49.7 Å². The van der Waals surface area contributed by atoms with Crippen LogP contribution in [0.4, 0.5) is 0 Å². The van der Waals surface area contributed by atoms with Crippen molar-refractivity contribution in [3.8, 4) is 0 Å². The van der Waals surface area contributed by atoms with E-state index in [1.807, 2.05) is 6.88 Å². The van der Waals surface area contributed by atoms with Crippen molar-refractivity contribution in [2.45, 2.75) is 68.2 Å². The molecule has 0 nitrogen and oxygen atoms in total. The molecule has 0 amide bonds. The Labute approximate surface area is 207 Å². The minimum atomic E-state index is 0. The first-order valence-electron chi connectivity index (χ1n) is 9.06. The number of rotatable bonds is 2. The standard InChI is InChI=1S/2C11H17.2CH3.2ClH.H2Si.Zr/c2*1-5-9-6-7-10(8-9)11(2,3)4;;;;;;/h2*7-9H,5H2,1-4H3;2*1H3;2*1H;1H2;/q4*-1;;;;. The van der Waals surface area contributed by atoms with Gasteiger partial charge in [0, 0.05) is 0 Å². The molecule has 0 aromatic heterocycles. The Kier molecular flexibility index (Phi) is 25.7. The Morgan fingerprint density at radius 3 is 1.11 bits per heavy atom. The molecule has 0 N–H and O–H groups in total. The van der Waals surface area contributed by atoms with Gasteiger partial charge in [-0.3, -0.25) is 12.2 Å². The second kappa shape index (κ2) is 18.4. The van der Waals surface area contributed by atoms with Crippen molar-refractivity contribution in [1.29, 1.82) is 0 Å². The Balaban J connectivity index is -0.000000102. The molecule has 2 unspecified atom stereocenters. The number of hydrogen-bond acceptors (Lipinski definition) is 0. The van der Waals surface area contributed by atoms with Gasteiger partial charge >= 0.3 is 30.2 Å². The Morgan fingerprint density at radius 1 is 0.750 bits per heavy atom. The van der Waals surface area contributed by atoms with Gasteiger partial charge in [-0.25, -0.2) is 12.2 Å². The van der Waals surface area contributed by atoms with Crippen LogP contribution in [0.5, 0.6) is 0 Å². The van der Waals surface area contributed by atoms with Crippen LogP contribution in [0.3, 0.4) is 0 Å². The number of hydrogen-bond donors (Lipinski definition) is 0. The quantitative estimate of drug-likeness (QED) is 0.260. The molecule has 2 atom stereocenters. The summed E-state index contributed by atoms with van der Waals surface area (Å²) < 4.78 is 0. The fraction of sp³-hybridized carbons (Fsp3) is 0.583. The van der Waals surface area contributed by atoms with Crippen molar-refractivity contribution in [2.24, 2.45) is 22.7 Å². The van der Waals surface area contributed by atoms with Gasteiger partial charge in [0.2, 0.25) is 0 Å². The van der Waals surface area contributed by atoms with Crippen LogP contribution in [0.1, 0.15) is 68.2 Å². The molecule has 0 fully saturated rings. The van der Waals surface area contributed by atoms with Crippen LogP contribution in [0.2, 0.25) is 0 Å². The molecule has 0 spiro atoms. The second-order valence-electron chi connectivity index (χ2n) is 8.40. The van der Waals surface area contributed by atoms with Crippen LogP contribution in [-0.2, 0) is 23.3 Å². The number of allylic oxidation sites excluding steroid dienone is 8. The van der Waals surface area contributed by atoms with Gasteiger partial charge in [-0.05, 0) is 0 Å². The molecule has 0 saturated carbocycles. The van der Waals surface area contributed by atoms with E-state index in [-0.39, 0.29) is 39.7 Å². The molecule has 0 bridgehead atoms. The predicted molar refractivity (Wildman–Crippen MR) is 134 cm³/mol. The first-order valence-corrected chi connectivity index (χ1v) is 15.0. The van der Waals surface area contributed by atoms with Crippen molar-refractivity contribution in [3.63, 3.8) is 0 Å². The average Bonchev–Trinajstić information content (AvgIpc) is 3.18. The van der Waals surface area contributed by atoms with E-state index in [1.54, 1.807) is 23.3 Å². The van der Waals surface area contributed by atoms with Crippen molar-refractivity contribution in [1.82, 2.24) is 0 Å². The fourth-order valence-electron chi connectivity index (χ4n) is 2.42. The summed E-state index contributed by atoms with van der Waals surface area (Å²) in [5, 5.41) is 0. The molecular formula is C24H44Cl2SiZr-4. The molecule has 0 aromatic carbocycles. The molecule has 2 rings (SSSR count). The monoisotopic (exact) mass is 520 g/mol. The zero-order chi connectivity index (χ0) is 19.0. The topological polar surface area (TPSA) is 0 Å². The zero-order valence-corrected chi connectivity index (χ0v) is 25.4. The number of halogens is 2. The Bertz CT molecular complexity index is 460. The van der Waals surface area contributed by atoms with Gasteiger partial charge in [0.15, 0.2) is 0 Å². The van der Waals surface area contributed by atoms with E-state index >= 15 is 0 Å². The van der Waals surface area contributed by atoms with Crippen molar-refractivity contribution >= 4 is 31.7 Å². The molecule has 0 saturated heterocycles. The van der Waals surface area contributed by atoms with E-state index in [0.29, 0.717) is 22.7 Å². The second-order valence-corrected chi connectivity index (χ2v) is 8.40.